The van der Waals surface area contributed by atoms with Gasteiger partial charge in [0, 0.05) is 5.69 Å². The van der Waals surface area contributed by atoms with Gasteiger partial charge in [-0.25, -0.2) is 4.98 Å². The van der Waals surface area contributed by atoms with E-state index in [-0.39, 0.29) is 11.8 Å². The first-order chi connectivity index (χ1) is 6.09. The summed E-state index contributed by atoms with van der Waals surface area (Å²) in [6, 6.07) is -0.385. The van der Waals surface area contributed by atoms with Gasteiger partial charge in [0.05, 0.1) is 12.2 Å². The van der Waals surface area contributed by atoms with Crippen LogP contribution in [0.2, 0.25) is 0 Å². The summed E-state index contributed by atoms with van der Waals surface area (Å²) in [5.41, 5.74) is 11.8. The van der Waals surface area contributed by atoms with Gasteiger partial charge in [-0.05, 0) is 12.8 Å². The number of aliphatic hydroxyl groups is 1. The van der Waals surface area contributed by atoms with Gasteiger partial charge in [0.15, 0.2) is 5.95 Å². The lowest BCUT2D eigenvalue weighted by atomic mass is 10.1. The zero-order chi connectivity index (χ0) is 9.84. The van der Waals surface area contributed by atoms with Crippen molar-refractivity contribution in [2.45, 2.75) is 18.9 Å². The molecule has 0 unspecified atom stereocenters. The maximum Gasteiger partial charge on any atom is 0.197 e. The number of nitrogens with one attached hydrogen (secondary N) is 1. The van der Waals surface area contributed by atoms with Crippen molar-refractivity contribution >= 4 is 5.95 Å². The molecule has 0 amide bonds. The molecule has 1 atom stereocenters. The minimum absolute atomic E-state index is 0.00693. The number of anilines is 1. The highest BCUT2D eigenvalue weighted by molar-refractivity contribution is 5.18. The number of nitrogen functional groups attached to an aromatic ring is 1. The Hall–Kier alpha value is -1.49. The number of nitrogens with two attached hydrogens (primary N) is 2. The number of hydrogen-bond donors (Lipinski definition) is 4. The van der Waals surface area contributed by atoms with Crippen LogP contribution in [0.3, 0.4) is 0 Å². The molecule has 13 heavy (non-hydrogen) atoms. The third-order valence-corrected chi connectivity index (χ3v) is 1.80. The van der Waals surface area contributed by atoms with Crippen molar-refractivity contribution in [3.05, 3.63) is 24.2 Å². The van der Waals surface area contributed by atoms with E-state index in [2.05, 4.69) is 16.5 Å². The minimum atomic E-state index is -0.385. The third-order valence-electron chi connectivity index (χ3n) is 1.80. The molecule has 0 fully saturated rings. The van der Waals surface area contributed by atoms with Gasteiger partial charge < -0.3 is 21.6 Å². The molecule has 0 saturated heterocycles. The molecule has 0 radical (unpaired) electrons. The number of aryl methyl sites for hydroxylation is 1. The quantitative estimate of drug-likeness (QED) is 0.504. The largest absolute Gasteiger partial charge is 0.511 e. The van der Waals surface area contributed by atoms with Crippen LogP contribution in [-0.2, 0) is 6.42 Å². The van der Waals surface area contributed by atoms with Crippen LogP contribution in [0, 0.1) is 0 Å². The zero-order valence-corrected chi connectivity index (χ0v) is 7.33. The second-order valence-corrected chi connectivity index (χ2v) is 2.93. The fourth-order valence-electron chi connectivity index (χ4n) is 0.981. The molecule has 72 valence electrons. The van der Waals surface area contributed by atoms with E-state index in [1.165, 1.54) is 0 Å². The summed E-state index contributed by atoms with van der Waals surface area (Å²) in [5, 5.41) is 8.93. The van der Waals surface area contributed by atoms with Crippen LogP contribution in [0.25, 0.3) is 0 Å². The van der Waals surface area contributed by atoms with E-state index in [1.54, 1.807) is 6.20 Å². The van der Waals surface area contributed by atoms with E-state index >= 15 is 0 Å². The molecule has 0 aliphatic heterocycles. The number of rotatable bonds is 4. The number of hydrogen-bond acceptors (Lipinski definition) is 4. The summed E-state index contributed by atoms with van der Waals surface area (Å²) in [5.74, 6) is 0.402. The lowest BCUT2D eigenvalue weighted by Gasteiger charge is -2.07. The van der Waals surface area contributed by atoms with E-state index in [0.29, 0.717) is 18.8 Å². The Kier molecular flexibility index (Phi) is 2.92. The standard InChI is InChI=1S/C8H14N4O/c1-5(13)7(9)3-2-6-4-11-8(10)12-6/h4,7,13H,1-3,9H2,(H3,10,11,12)/t7-/m0/s1. The van der Waals surface area contributed by atoms with E-state index in [1.807, 2.05) is 0 Å². The summed E-state index contributed by atoms with van der Waals surface area (Å²) in [6.07, 6.45) is 2.98. The van der Waals surface area contributed by atoms with E-state index in [4.69, 9.17) is 16.6 Å². The second kappa shape index (κ2) is 3.95. The normalized spacial score (nSPS) is 12.7. The van der Waals surface area contributed by atoms with Crippen LogP contribution in [0.5, 0.6) is 0 Å². The average molecular weight is 182 g/mol. The number of aliphatic hydroxyl groups excluding tert-OH is 1. The molecule has 0 aliphatic carbocycles. The van der Waals surface area contributed by atoms with Gasteiger partial charge in [-0.15, -0.1) is 0 Å². The summed E-state index contributed by atoms with van der Waals surface area (Å²) < 4.78 is 0. The topological polar surface area (TPSA) is 101 Å². The van der Waals surface area contributed by atoms with Crippen LogP contribution in [-0.4, -0.2) is 21.1 Å². The maximum atomic E-state index is 8.93. The van der Waals surface area contributed by atoms with Crippen LogP contribution in [0.1, 0.15) is 12.1 Å². The molecule has 5 nitrogen and oxygen atoms in total. The molecule has 1 heterocycles. The number of aromatic nitrogens is 2. The maximum absolute atomic E-state index is 8.93. The summed E-state index contributed by atoms with van der Waals surface area (Å²) in [6.45, 7) is 3.35. The summed E-state index contributed by atoms with van der Waals surface area (Å²) in [4.78, 5) is 6.71. The SMILES string of the molecule is C=C(O)[C@@H](N)CCc1cnc(N)[nH]1. The van der Waals surface area contributed by atoms with Gasteiger partial charge in [-0.2, -0.15) is 0 Å². The third kappa shape index (κ3) is 2.79. The van der Waals surface area contributed by atoms with Crippen LogP contribution in [0.15, 0.2) is 18.5 Å². The Bertz CT molecular complexity index is 294. The smallest absolute Gasteiger partial charge is 0.197 e. The number of H-pyrrole nitrogens is 1. The van der Waals surface area contributed by atoms with Gasteiger partial charge >= 0.3 is 0 Å². The molecular weight excluding hydrogens is 168 g/mol. The Balaban J connectivity index is 2.39. The molecule has 0 saturated carbocycles. The lowest BCUT2D eigenvalue weighted by Crippen LogP contribution is -2.22. The fraction of sp³-hybridized carbons (Fsp3) is 0.375. The van der Waals surface area contributed by atoms with Gasteiger partial charge in [0.25, 0.3) is 0 Å². The molecule has 6 N–H and O–H groups in total. The van der Waals surface area contributed by atoms with Crippen molar-refractivity contribution in [1.29, 1.82) is 0 Å². The van der Waals surface area contributed by atoms with E-state index in [9.17, 15) is 0 Å². The Morgan fingerprint density at radius 3 is 2.92 bits per heavy atom. The van der Waals surface area contributed by atoms with Crippen molar-refractivity contribution in [3.63, 3.8) is 0 Å². The van der Waals surface area contributed by atoms with E-state index in [0.717, 1.165) is 5.69 Å². The fourth-order valence-corrected chi connectivity index (χ4v) is 0.981. The molecular formula is C8H14N4O. The van der Waals surface area contributed by atoms with Crippen molar-refractivity contribution < 1.29 is 5.11 Å². The lowest BCUT2D eigenvalue weighted by molar-refractivity contribution is 0.362. The minimum Gasteiger partial charge on any atom is -0.511 e. The first-order valence-corrected chi connectivity index (χ1v) is 4.02. The average Bonchev–Trinajstić information content (AvgIpc) is 2.47. The summed E-state index contributed by atoms with van der Waals surface area (Å²) in [7, 11) is 0. The van der Waals surface area contributed by atoms with Crippen molar-refractivity contribution in [3.8, 4) is 0 Å². The van der Waals surface area contributed by atoms with Gasteiger partial charge in [-0.3, -0.25) is 0 Å². The Labute approximate surface area is 76.5 Å². The van der Waals surface area contributed by atoms with Crippen molar-refractivity contribution in [2.24, 2.45) is 5.73 Å². The Morgan fingerprint density at radius 2 is 2.46 bits per heavy atom. The van der Waals surface area contributed by atoms with Crippen LogP contribution >= 0.6 is 0 Å². The van der Waals surface area contributed by atoms with E-state index < -0.39 is 0 Å². The first kappa shape index (κ1) is 9.60. The first-order valence-electron chi connectivity index (χ1n) is 4.02. The molecule has 1 rings (SSSR count). The summed E-state index contributed by atoms with van der Waals surface area (Å²) >= 11 is 0. The second-order valence-electron chi connectivity index (χ2n) is 2.93. The van der Waals surface area contributed by atoms with Gasteiger partial charge in [-0.1, -0.05) is 6.58 Å². The van der Waals surface area contributed by atoms with Gasteiger partial charge in [0.2, 0.25) is 0 Å². The van der Waals surface area contributed by atoms with Gasteiger partial charge in [0.1, 0.15) is 5.76 Å². The number of nitrogens with zero attached hydrogens (tertiary/aromatic N) is 1. The molecule has 0 aromatic carbocycles. The monoisotopic (exact) mass is 182 g/mol. The predicted octanol–water partition coefficient (Wildman–Crippen LogP) is 0.323. The number of imidazole rings is 1. The van der Waals surface area contributed by atoms with Crippen molar-refractivity contribution in [1.82, 2.24) is 9.97 Å². The highest BCUT2D eigenvalue weighted by Crippen LogP contribution is 2.05. The van der Waals surface area contributed by atoms with Crippen molar-refractivity contribution in [2.75, 3.05) is 5.73 Å². The molecule has 1 aromatic heterocycles. The molecule has 0 spiro atoms. The highest BCUT2D eigenvalue weighted by Gasteiger charge is 2.06. The molecule has 1 aromatic rings. The molecule has 5 heteroatoms. The highest BCUT2D eigenvalue weighted by atomic mass is 16.3. The molecule has 0 bridgehead atoms. The molecule has 0 aliphatic rings. The zero-order valence-electron chi connectivity index (χ0n) is 7.33. The number of aromatic amines is 1. The van der Waals surface area contributed by atoms with Crippen LogP contribution in [0.4, 0.5) is 5.95 Å². The predicted molar refractivity (Wildman–Crippen MR) is 51.1 cm³/mol. The van der Waals surface area contributed by atoms with Crippen LogP contribution < -0.4 is 11.5 Å². The Morgan fingerprint density at radius 1 is 1.77 bits per heavy atom.